The third-order valence-corrected chi connectivity index (χ3v) is 4.36. The Morgan fingerprint density at radius 3 is 2.57 bits per heavy atom. The van der Waals surface area contributed by atoms with Gasteiger partial charge in [0.2, 0.25) is 0 Å². The molecular weight excluding hydrogens is 386 g/mol. The monoisotopic (exact) mass is 403 g/mol. The maximum atomic E-state index is 12.3. The number of carbonyl (C=O) groups excluding carboxylic acids is 3. The Hall–Kier alpha value is -3.06. The summed E-state index contributed by atoms with van der Waals surface area (Å²) < 4.78 is 15.9. The number of ether oxygens (including phenoxy) is 3. The molecule has 146 valence electrons. The third kappa shape index (κ3) is 4.61. The summed E-state index contributed by atoms with van der Waals surface area (Å²) in [6, 6.07) is 10.3. The van der Waals surface area contributed by atoms with E-state index < -0.39 is 30.3 Å². The molecule has 0 aromatic heterocycles. The highest BCUT2D eigenvalue weighted by molar-refractivity contribution is 6.33. The smallest absolute Gasteiger partial charge is 0.328 e. The summed E-state index contributed by atoms with van der Waals surface area (Å²) >= 11 is 5.96. The second kappa shape index (κ2) is 8.75. The van der Waals surface area contributed by atoms with Gasteiger partial charge in [-0.1, -0.05) is 23.7 Å². The van der Waals surface area contributed by atoms with E-state index in [4.69, 9.17) is 25.8 Å². The number of ketones is 1. The molecule has 0 bridgehead atoms. The number of rotatable bonds is 6. The summed E-state index contributed by atoms with van der Waals surface area (Å²) in [5.74, 6) is -0.589. The van der Waals surface area contributed by atoms with Crippen LogP contribution in [0.4, 0.5) is 0 Å². The van der Waals surface area contributed by atoms with Gasteiger partial charge in [0.05, 0.1) is 10.6 Å². The number of halogens is 1. The Kier molecular flexibility index (Phi) is 6.16. The first-order valence-corrected chi connectivity index (χ1v) is 8.98. The molecule has 3 rings (SSSR count). The van der Waals surface area contributed by atoms with Crippen molar-refractivity contribution in [2.24, 2.45) is 0 Å². The molecule has 0 saturated heterocycles. The highest BCUT2D eigenvalue weighted by atomic mass is 35.5. The van der Waals surface area contributed by atoms with Gasteiger partial charge in [0, 0.05) is 5.56 Å². The topological polar surface area (TPSA) is 90.9 Å². The Morgan fingerprint density at radius 2 is 1.82 bits per heavy atom. The molecule has 1 aliphatic heterocycles. The number of hydrogen-bond donors (Lipinski definition) is 1. The van der Waals surface area contributed by atoms with E-state index in [0.29, 0.717) is 30.3 Å². The summed E-state index contributed by atoms with van der Waals surface area (Å²) in [7, 11) is 0. The minimum atomic E-state index is -0.947. The molecule has 0 unspecified atom stereocenters. The van der Waals surface area contributed by atoms with Crippen molar-refractivity contribution in [3.63, 3.8) is 0 Å². The van der Waals surface area contributed by atoms with Gasteiger partial charge >= 0.3 is 5.97 Å². The fourth-order valence-corrected chi connectivity index (χ4v) is 2.76. The third-order valence-electron chi connectivity index (χ3n) is 4.03. The minimum Gasteiger partial charge on any atom is -0.486 e. The Balaban J connectivity index is 1.54. The number of hydrogen-bond acceptors (Lipinski definition) is 6. The zero-order valence-electron chi connectivity index (χ0n) is 15.1. The molecule has 2 aromatic rings. The maximum Gasteiger partial charge on any atom is 0.328 e. The van der Waals surface area contributed by atoms with Crippen LogP contribution >= 0.6 is 11.6 Å². The van der Waals surface area contributed by atoms with E-state index in [0.717, 1.165) is 0 Å². The summed E-state index contributed by atoms with van der Waals surface area (Å²) in [6.07, 6.45) is 0. The normalized spacial score (nSPS) is 13.4. The number of nitrogens with one attached hydrogen (secondary N) is 1. The van der Waals surface area contributed by atoms with Crippen LogP contribution in [0.25, 0.3) is 0 Å². The molecule has 1 atom stereocenters. The first kappa shape index (κ1) is 19.7. The van der Waals surface area contributed by atoms with Crippen molar-refractivity contribution in [2.75, 3.05) is 19.8 Å². The van der Waals surface area contributed by atoms with Crippen molar-refractivity contribution in [1.82, 2.24) is 5.32 Å². The quantitative estimate of drug-likeness (QED) is 0.589. The highest BCUT2D eigenvalue weighted by Crippen LogP contribution is 2.30. The van der Waals surface area contributed by atoms with Crippen LogP contribution in [0.2, 0.25) is 5.02 Å². The number of fused-ring (bicyclic) bond motifs is 1. The van der Waals surface area contributed by atoms with Crippen LogP contribution in [-0.4, -0.2) is 43.5 Å². The minimum absolute atomic E-state index is 0.246. The first-order valence-electron chi connectivity index (χ1n) is 8.60. The lowest BCUT2D eigenvalue weighted by molar-refractivity contribution is -0.144. The fraction of sp³-hybridized carbons (Fsp3) is 0.250. The molecule has 0 saturated carbocycles. The molecule has 1 N–H and O–H groups in total. The van der Waals surface area contributed by atoms with Gasteiger partial charge in [0.25, 0.3) is 5.91 Å². The van der Waals surface area contributed by atoms with E-state index in [-0.39, 0.29) is 10.6 Å². The molecule has 28 heavy (non-hydrogen) atoms. The van der Waals surface area contributed by atoms with E-state index in [1.54, 1.807) is 42.5 Å². The van der Waals surface area contributed by atoms with E-state index in [1.807, 2.05) is 0 Å². The van der Waals surface area contributed by atoms with Crippen molar-refractivity contribution >= 4 is 29.3 Å². The second-order valence-electron chi connectivity index (χ2n) is 6.06. The molecule has 0 radical (unpaired) electrons. The molecule has 0 aliphatic carbocycles. The molecule has 0 spiro atoms. The van der Waals surface area contributed by atoms with Gasteiger partial charge < -0.3 is 19.5 Å². The molecule has 0 fully saturated rings. The number of amides is 1. The predicted molar refractivity (Wildman–Crippen MR) is 101 cm³/mol. The van der Waals surface area contributed by atoms with E-state index >= 15 is 0 Å². The van der Waals surface area contributed by atoms with Gasteiger partial charge in [-0.3, -0.25) is 9.59 Å². The maximum absolute atomic E-state index is 12.3. The average molecular weight is 404 g/mol. The van der Waals surface area contributed by atoms with Crippen LogP contribution in [0.15, 0.2) is 42.5 Å². The van der Waals surface area contributed by atoms with Crippen molar-refractivity contribution in [1.29, 1.82) is 0 Å². The largest absolute Gasteiger partial charge is 0.486 e. The standard InChI is InChI=1S/C20H18ClNO6/c1-12(22-19(24)14-4-2-3-5-15(14)21)20(25)28-11-16(23)13-6-7-17-18(10-13)27-9-8-26-17/h2-7,10,12H,8-9,11H2,1H3,(H,22,24)/t12-/m1/s1. The lowest BCUT2D eigenvalue weighted by Crippen LogP contribution is -2.40. The van der Waals surface area contributed by atoms with Crippen LogP contribution in [0.3, 0.4) is 0 Å². The number of esters is 1. The summed E-state index contributed by atoms with van der Waals surface area (Å²) in [5, 5.41) is 2.77. The predicted octanol–water partition coefficient (Wildman–Crippen LogP) is 2.66. The Morgan fingerprint density at radius 1 is 1.11 bits per heavy atom. The van der Waals surface area contributed by atoms with E-state index in [1.165, 1.54) is 6.92 Å². The molecule has 1 heterocycles. The van der Waals surface area contributed by atoms with E-state index in [2.05, 4.69) is 5.32 Å². The molecule has 1 aliphatic rings. The SMILES string of the molecule is C[C@@H](NC(=O)c1ccccc1Cl)C(=O)OCC(=O)c1ccc2c(c1)OCCO2. The van der Waals surface area contributed by atoms with Crippen LogP contribution < -0.4 is 14.8 Å². The van der Waals surface area contributed by atoms with Crippen LogP contribution in [0, 0.1) is 0 Å². The lowest BCUT2D eigenvalue weighted by Gasteiger charge is -2.18. The number of benzene rings is 2. The summed E-state index contributed by atoms with van der Waals surface area (Å²) in [4.78, 5) is 36.5. The number of carbonyl (C=O) groups is 3. The van der Waals surface area contributed by atoms with Gasteiger partial charge in [-0.2, -0.15) is 0 Å². The molecular formula is C20H18ClNO6. The average Bonchev–Trinajstić information content (AvgIpc) is 2.71. The van der Waals surface area contributed by atoms with E-state index in [9.17, 15) is 14.4 Å². The van der Waals surface area contributed by atoms with Crippen LogP contribution in [-0.2, 0) is 9.53 Å². The zero-order valence-corrected chi connectivity index (χ0v) is 15.8. The summed E-state index contributed by atoms with van der Waals surface area (Å²) in [5.41, 5.74) is 0.584. The Labute approximate surface area is 166 Å². The van der Waals surface area contributed by atoms with Gasteiger partial charge in [-0.15, -0.1) is 0 Å². The van der Waals surface area contributed by atoms with Crippen molar-refractivity contribution in [2.45, 2.75) is 13.0 Å². The van der Waals surface area contributed by atoms with Gasteiger partial charge in [0.15, 0.2) is 23.9 Å². The molecule has 7 nitrogen and oxygen atoms in total. The zero-order chi connectivity index (χ0) is 20.1. The van der Waals surface area contributed by atoms with Gasteiger partial charge in [-0.05, 0) is 37.3 Å². The number of Topliss-reactive ketones (excluding diaryl/α,β-unsaturated/α-hetero) is 1. The van der Waals surface area contributed by atoms with Crippen molar-refractivity contribution in [3.05, 3.63) is 58.6 Å². The highest BCUT2D eigenvalue weighted by Gasteiger charge is 2.21. The second-order valence-corrected chi connectivity index (χ2v) is 6.47. The van der Waals surface area contributed by atoms with Crippen LogP contribution in [0.5, 0.6) is 11.5 Å². The van der Waals surface area contributed by atoms with Crippen molar-refractivity contribution in [3.8, 4) is 11.5 Å². The summed E-state index contributed by atoms with van der Waals surface area (Å²) in [6.45, 7) is 1.87. The Bertz CT molecular complexity index is 913. The first-order chi connectivity index (χ1) is 13.5. The molecule has 8 heteroatoms. The molecule has 2 aromatic carbocycles. The molecule has 1 amide bonds. The van der Waals surface area contributed by atoms with Gasteiger partial charge in [0.1, 0.15) is 19.3 Å². The van der Waals surface area contributed by atoms with Crippen molar-refractivity contribution < 1.29 is 28.6 Å². The fourth-order valence-electron chi connectivity index (χ4n) is 2.54. The van der Waals surface area contributed by atoms with Crippen LogP contribution in [0.1, 0.15) is 27.6 Å². The van der Waals surface area contributed by atoms with Gasteiger partial charge in [-0.25, -0.2) is 4.79 Å². The lowest BCUT2D eigenvalue weighted by atomic mass is 10.1.